The molecule has 0 saturated heterocycles. The fourth-order valence-electron chi connectivity index (χ4n) is 2.95. The number of thioether (sulfide) groups is 1. The van der Waals surface area contributed by atoms with Gasteiger partial charge in [-0.3, -0.25) is 14.3 Å². The lowest BCUT2D eigenvalue weighted by atomic mass is 10.1. The van der Waals surface area contributed by atoms with Gasteiger partial charge in [-0.15, -0.1) is 11.3 Å². The van der Waals surface area contributed by atoms with E-state index < -0.39 is 0 Å². The van der Waals surface area contributed by atoms with Crippen LogP contribution in [0, 0.1) is 13.8 Å². The summed E-state index contributed by atoms with van der Waals surface area (Å²) >= 11 is 3.06. The first kappa shape index (κ1) is 17.9. The molecule has 0 unspecified atom stereocenters. The summed E-state index contributed by atoms with van der Waals surface area (Å²) in [6.45, 7) is 4.69. The third kappa shape index (κ3) is 3.82. The second-order valence-corrected chi connectivity index (χ2v) is 8.36. The molecule has 0 radical (unpaired) electrons. The molecule has 0 aliphatic heterocycles. The average Bonchev–Trinajstić information content (AvgIpc) is 3.15. The molecule has 0 fully saturated rings. The third-order valence-corrected chi connectivity index (χ3v) is 6.37. The number of aromatic nitrogens is 3. The van der Waals surface area contributed by atoms with Crippen molar-refractivity contribution in [1.82, 2.24) is 14.5 Å². The maximum Gasteiger partial charge on any atom is 0.272 e. The van der Waals surface area contributed by atoms with Crippen LogP contribution in [0.15, 0.2) is 64.1 Å². The van der Waals surface area contributed by atoms with Gasteiger partial charge < -0.3 is 0 Å². The van der Waals surface area contributed by atoms with Crippen molar-refractivity contribution in [3.05, 3.63) is 86.8 Å². The first-order valence-electron chi connectivity index (χ1n) is 8.67. The molecule has 4 nitrogen and oxygen atoms in total. The van der Waals surface area contributed by atoms with Crippen LogP contribution in [0.25, 0.3) is 10.2 Å². The van der Waals surface area contributed by atoms with Gasteiger partial charge in [0, 0.05) is 18.1 Å². The van der Waals surface area contributed by atoms with Gasteiger partial charge in [-0.25, -0.2) is 4.98 Å². The summed E-state index contributed by atoms with van der Waals surface area (Å²) in [4.78, 5) is 22.0. The molecule has 0 amide bonds. The SMILES string of the molecule is Cc1ccc(C)c(CSc2nc3ccsc3c(=O)n2Cc2cccnc2)c1. The number of hydrogen-bond acceptors (Lipinski definition) is 5. The number of nitrogens with zero attached hydrogens (tertiary/aromatic N) is 3. The lowest BCUT2D eigenvalue weighted by molar-refractivity contribution is 0.657. The molecule has 3 aromatic heterocycles. The molecule has 0 saturated carbocycles. The van der Waals surface area contributed by atoms with Crippen LogP contribution in [0.1, 0.15) is 22.3 Å². The Balaban J connectivity index is 1.73. The minimum absolute atomic E-state index is 0.0160. The second-order valence-electron chi connectivity index (χ2n) is 6.50. The largest absolute Gasteiger partial charge is 0.282 e. The molecule has 4 aromatic rings. The number of aryl methyl sites for hydroxylation is 2. The van der Waals surface area contributed by atoms with E-state index in [0.717, 1.165) is 22.0 Å². The predicted octanol–water partition coefficient (Wildman–Crippen LogP) is 4.81. The number of pyridine rings is 1. The number of benzene rings is 1. The van der Waals surface area contributed by atoms with Gasteiger partial charge in [0.05, 0.1) is 12.1 Å². The highest BCUT2D eigenvalue weighted by Crippen LogP contribution is 2.26. The average molecular weight is 394 g/mol. The molecule has 3 heterocycles. The standard InChI is InChI=1S/C21H19N3OS2/c1-14-5-6-15(2)17(10-14)13-27-21-23-18-7-9-26-19(18)20(25)24(21)12-16-4-3-8-22-11-16/h3-11H,12-13H2,1-2H3. The van der Waals surface area contributed by atoms with Crippen molar-refractivity contribution in [3.63, 3.8) is 0 Å². The van der Waals surface area contributed by atoms with Gasteiger partial charge in [-0.2, -0.15) is 0 Å². The van der Waals surface area contributed by atoms with Crippen molar-refractivity contribution in [3.8, 4) is 0 Å². The van der Waals surface area contributed by atoms with Crippen molar-refractivity contribution in [2.45, 2.75) is 31.3 Å². The number of hydrogen-bond donors (Lipinski definition) is 0. The quantitative estimate of drug-likeness (QED) is 0.361. The van der Waals surface area contributed by atoms with Crippen LogP contribution in [0.5, 0.6) is 0 Å². The lowest BCUT2D eigenvalue weighted by Gasteiger charge is -2.13. The van der Waals surface area contributed by atoms with Crippen LogP contribution in [-0.4, -0.2) is 14.5 Å². The first-order chi connectivity index (χ1) is 13.1. The smallest absolute Gasteiger partial charge is 0.272 e. The van der Waals surface area contributed by atoms with E-state index in [9.17, 15) is 4.79 Å². The summed E-state index contributed by atoms with van der Waals surface area (Å²) in [7, 11) is 0. The summed E-state index contributed by atoms with van der Waals surface area (Å²) < 4.78 is 2.47. The molecule has 0 aliphatic carbocycles. The van der Waals surface area contributed by atoms with Crippen LogP contribution in [0.4, 0.5) is 0 Å². The van der Waals surface area contributed by atoms with Crippen molar-refractivity contribution < 1.29 is 0 Å². The molecular formula is C21H19N3OS2. The fraction of sp³-hybridized carbons (Fsp3) is 0.190. The van der Waals surface area contributed by atoms with Crippen LogP contribution in [0.3, 0.4) is 0 Å². The van der Waals surface area contributed by atoms with Crippen molar-refractivity contribution in [1.29, 1.82) is 0 Å². The maximum absolute atomic E-state index is 13.0. The Morgan fingerprint density at radius 3 is 2.89 bits per heavy atom. The molecule has 136 valence electrons. The lowest BCUT2D eigenvalue weighted by Crippen LogP contribution is -2.23. The molecule has 1 aromatic carbocycles. The van der Waals surface area contributed by atoms with Crippen molar-refractivity contribution >= 4 is 33.3 Å². The van der Waals surface area contributed by atoms with E-state index in [1.165, 1.54) is 28.0 Å². The zero-order valence-electron chi connectivity index (χ0n) is 15.2. The van der Waals surface area contributed by atoms with Gasteiger partial charge in [0.2, 0.25) is 0 Å². The van der Waals surface area contributed by atoms with E-state index in [1.54, 1.807) is 28.7 Å². The van der Waals surface area contributed by atoms with Gasteiger partial charge in [-0.1, -0.05) is 41.6 Å². The summed E-state index contributed by atoms with van der Waals surface area (Å²) in [6.07, 6.45) is 3.54. The summed E-state index contributed by atoms with van der Waals surface area (Å²) in [5.41, 5.74) is 5.55. The summed E-state index contributed by atoms with van der Waals surface area (Å²) in [5.74, 6) is 0.780. The van der Waals surface area contributed by atoms with Crippen molar-refractivity contribution in [2.75, 3.05) is 0 Å². The predicted molar refractivity (Wildman–Crippen MR) is 113 cm³/mol. The highest BCUT2D eigenvalue weighted by Gasteiger charge is 2.14. The minimum Gasteiger partial charge on any atom is -0.282 e. The Morgan fingerprint density at radius 1 is 1.19 bits per heavy atom. The fourth-order valence-corrected chi connectivity index (χ4v) is 4.79. The van der Waals surface area contributed by atoms with Gasteiger partial charge >= 0.3 is 0 Å². The van der Waals surface area contributed by atoms with Gasteiger partial charge in [-0.05, 0) is 48.1 Å². The summed E-state index contributed by atoms with van der Waals surface area (Å²) in [6, 6.07) is 12.3. The van der Waals surface area contributed by atoms with E-state index in [-0.39, 0.29) is 5.56 Å². The highest BCUT2D eigenvalue weighted by atomic mass is 32.2. The third-order valence-electron chi connectivity index (χ3n) is 4.46. The second kappa shape index (κ2) is 7.66. The minimum atomic E-state index is 0.0160. The normalized spacial score (nSPS) is 11.2. The summed E-state index contributed by atoms with van der Waals surface area (Å²) in [5, 5.41) is 2.67. The topological polar surface area (TPSA) is 47.8 Å². The molecule has 0 aliphatic rings. The van der Waals surface area contributed by atoms with E-state index in [4.69, 9.17) is 4.98 Å². The Kier molecular flexibility index (Phi) is 5.09. The first-order valence-corrected chi connectivity index (χ1v) is 10.5. The van der Waals surface area contributed by atoms with E-state index in [2.05, 4.69) is 37.0 Å². The van der Waals surface area contributed by atoms with Crippen LogP contribution >= 0.6 is 23.1 Å². The zero-order valence-corrected chi connectivity index (χ0v) is 16.8. The Bertz CT molecular complexity index is 1150. The van der Waals surface area contributed by atoms with E-state index in [1.807, 2.05) is 23.6 Å². The molecular weight excluding hydrogens is 374 g/mol. The Hall–Kier alpha value is -2.44. The van der Waals surface area contributed by atoms with Crippen LogP contribution < -0.4 is 5.56 Å². The van der Waals surface area contributed by atoms with E-state index in [0.29, 0.717) is 11.2 Å². The molecule has 0 N–H and O–H groups in total. The van der Waals surface area contributed by atoms with Crippen LogP contribution in [-0.2, 0) is 12.3 Å². The van der Waals surface area contributed by atoms with Gasteiger partial charge in [0.25, 0.3) is 5.56 Å². The van der Waals surface area contributed by atoms with E-state index >= 15 is 0 Å². The molecule has 0 spiro atoms. The Morgan fingerprint density at radius 2 is 2.07 bits per heavy atom. The number of thiophene rings is 1. The van der Waals surface area contributed by atoms with Gasteiger partial charge in [0.15, 0.2) is 5.16 Å². The van der Waals surface area contributed by atoms with Crippen LogP contribution in [0.2, 0.25) is 0 Å². The molecule has 27 heavy (non-hydrogen) atoms. The molecule has 4 rings (SSSR count). The van der Waals surface area contributed by atoms with Crippen molar-refractivity contribution in [2.24, 2.45) is 0 Å². The van der Waals surface area contributed by atoms with Gasteiger partial charge in [0.1, 0.15) is 4.70 Å². The maximum atomic E-state index is 13.0. The molecule has 6 heteroatoms. The Labute approximate surface area is 165 Å². The monoisotopic (exact) mass is 393 g/mol. The highest BCUT2D eigenvalue weighted by molar-refractivity contribution is 7.98. The number of fused-ring (bicyclic) bond motifs is 1. The zero-order chi connectivity index (χ0) is 18.8. The number of rotatable bonds is 5. The molecule has 0 bridgehead atoms. The molecule has 0 atom stereocenters.